The van der Waals surface area contributed by atoms with Crippen LogP contribution in [-0.2, 0) is 4.79 Å². The van der Waals surface area contributed by atoms with Crippen molar-refractivity contribution in [2.45, 2.75) is 12.8 Å². The lowest BCUT2D eigenvalue weighted by atomic mass is 9.97. The van der Waals surface area contributed by atoms with Gasteiger partial charge in [0, 0.05) is 24.0 Å². The van der Waals surface area contributed by atoms with Crippen molar-refractivity contribution in [3.05, 3.63) is 66.2 Å². The van der Waals surface area contributed by atoms with Gasteiger partial charge in [-0.2, -0.15) is 0 Å². The summed E-state index contributed by atoms with van der Waals surface area (Å²) >= 11 is 0. The van der Waals surface area contributed by atoms with E-state index in [1.54, 1.807) is 18.2 Å². The lowest BCUT2D eigenvalue weighted by molar-refractivity contribution is -0.118. The maximum Gasteiger partial charge on any atom is 0.262 e. The topological polar surface area (TPSA) is 67.9 Å². The van der Waals surface area contributed by atoms with Crippen LogP contribution in [-0.4, -0.2) is 43.0 Å². The van der Waals surface area contributed by atoms with Crippen LogP contribution < -0.4 is 14.8 Å². The zero-order chi connectivity index (χ0) is 21.2. The number of hydrogen-bond acceptors (Lipinski definition) is 4. The second-order valence-electron chi connectivity index (χ2n) is 8.07. The van der Waals surface area contributed by atoms with Crippen LogP contribution in [0.25, 0.3) is 10.8 Å². The van der Waals surface area contributed by atoms with Crippen molar-refractivity contribution in [2.24, 2.45) is 5.92 Å². The van der Waals surface area contributed by atoms with E-state index in [4.69, 9.17) is 9.47 Å². The lowest BCUT2D eigenvalue weighted by Gasteiger charge is -2.32. The van der Waals surface area contributed by atoms with Gasteiger partial charge in [-0.3, -0.25) is 9.59 Å². The highest BCUT2D eigenvalue weighted by atomic mass is 16.5. The molecule has 2 aliphatic heterocycles. The van der Waals surface area contributed by atoms with Gasteiger partial charge in [0.1, 0.15) is 11.5 Å². The predicted molar refractivity (Wildman–Crippen MR) is 119 cm³/mol. The number of benzene rings is 3. The molecule has 158 valence electrons. The number of fused-ring (bicyclic) bond motifs is 2. The number of ether oxygens (including phenoxy) is 2. The number of nitrogens with zero attached hydrogens (tertiary/aromatic N) is 1. The maximum atomic E-state index is 12.9. The van der Waals surface area contributed by atoms with Crippen molar-refractivity contribution < 1.29 is 19.1 Å². The molecule has 2 heterocycles. The van der Waals surface area contributed by atoms with Gasteiger partial charge in [-0.15, -0.1) is 0 Å². The molecule has 0 spiro atoms. The van der Waals surface area contributed by atoms with E-state index in [0.717, 1.165) is 24.0 Å². The molecule has 0 aromatic heterocycles. The summed E-state index contributed by atoms with van der Waals surface area (Å²) in [7, 11) is 0. The molecule has 1 saturated heterocycles. The van der Waals surface area contributed by atoms with Crippen LogP contribution >= 0.6 is 0 Å². The summed E-state index contributed by atoms with van der Waals surface area (Å²) in [5.74, 6) is 1.70. The first-order valence-corrected chi connectivity index (χ1v) is 10.6. The second kappa shape index (κ2) is 8.30. The Balaban J connectivity index is 1.18. The molecule has 5 rings (SSSR count). The van der Waals surface area contributed by atoms with Gasteiger partial charge in [-0.05, 0) is 48.4 Å². The van der Waals surface area contributed by atoms with E-state index in [9.17, 15) is 9.59 Å². The third kappa shape index (κ3) is 4.06. The van der Waals surface area contributed by atoms with Crippen molar-refractivity contribution in [3.8, 4) is 11.5 Å². The molecule has 3 aromatic carbocycles. The Hall–Kier alpha value is -3.54. The number of rotatable bonds is 4. The highest BCUT2D eigenvalue weighted by Crippen LogP contribution is 2.30. The molecule has 0 saturated carbocycles. The number of likely N-dealkylation sites (tertiary alicyclic amines) is 1. The Labute approximate surface area is 180 Å². The van der Waals surface area contributed by atoms with E-state index < -0.39 is 0 Å². The van der Waals surface area contributed by atoms with E-state index >= 15 is 0 Å². The maximum absolute atomic E-state index is 12.9. The molecule has 31 heavy (non-hydrogen) atoms. The fourth-order valence-electron chi connectivity index (χ4n) is 4.23. The van der Waals surface area contributed by atoms with Crippen LogP contribution in [0.2, 0.25) is 0 Å². The largest absolute Gasteiger partial charge is 0.493 e. The first-order valence-electron chi connectivity index (χ1n) is 10.6. The fraction of sp³-hybridized carbons (Fsp3) is 0.280. The molecule has 6 nitrogen and oxygen atoms in total. The summed E-state index contributed by atoms with van der Waals surface area (Å²) in [6.45, 7) is 2.05. The zero-order valence-electron chi connectivity index (χ0n) is 17.2. The molecule has 1 N–H and O–H groups in total. The van der Waals surface area contributed by atoms with Gasteiger partial charge in [0.15, 0.2) is 6.61 Å². The number of carbonyl (C=O) groups excluding carboxylic acids is 2. The summed E-state index contributed by atoms with van der Waals surface area (Å²) in [6, 6.07) is 19.5. The average Bonchev–Trinajstić information content (AvgIpc) is 2.82. The summed E-state index contributed by atoms with van der Waals surface area (Å²) in [5, 5.41) is 5.06. The molecule has 1 fully saturated rings. The van der Waals surface area contributed by atoms with E-state index in [1.807, 2.05) is 29.2 Å². The van der Waals surface area contributed by atoms with Crippen LogP contribution in [0.1, 0.15) is 23.2 Å². The van der Waals surface area contributed by atoms with Crippen molar-refractivity contribution in [2.75, 3.05) is 31.6 Å². The molecule has 6 heteroatoms. The van der Waals surface area contributed by atoms with E-state index in [2.05, 4.69) is 23.5 Å². The third-order valence-electron chi connectivity index (χ3n) is 5.99. The Morgan fingerprint density at radius 1 is 1.06 bits per heavy atom. The standard InChI is InChI=1S/C25H24N2O4/c28-24-16-31-23-9-8-19(14-21(23)26-24)25(29)27-12-10-17(11-13-27)15-30-22-7-3-5-18-4-1-2-6-20(18)22/h1-9,14,17H,10-13,15-16H2,(H,26,28). The minimum Gasteiger partial charge on any atom is -0.493 e. The average molecular weight is 416 g/mol. The molecule has 2 aliphatic rings. The minimum atomic E-state index is -0.205. The number of carbonyl (C=O) groups is 2. The smallest absolute Gasteiger partial charge is 0.262 e. The third-order valence-corrected chi connectivity index (χ3v) is 5.99. The van der Waals surface area contributed by atoms with Crippen LogP contribution in [0.4, 0.5) is 5.69 Å². The Bertz CT molecular complexity index is 1130. The monoisotopic (exact) mass is 416 g/mol. The van der Waals surface area contributed by atoms with E-state index in [-0.39, 0.29) is 18.4 Å². The molecule has 0 bridgehead atoms. The number of hydrogen-bond donors (Lipinski definition) is 1. The summed E-state index contributed by atoms with van der Waals surface area (Å²) in [5.41, 5.74) is 1.12. The molecule has 3 aromatic rings. The number of anilines is 1. The van der Waals surface area contributed by atoms with Gasteiger partial charge in [-0.25, -0.2) is 0 Å². The quantitative estimate of drug-likeness (QED) is 0.695. The van der Waals surface area contributed by atoms with Crippen LogP contribution in [0.5, 0.6) is 11.5 Å². The molecule has 0 radical (unpaired) electrons. The fourth-order valence-corrected chi connectivity index (χ4v) is 4.23. The first-order chi connectivity index (χ1) is 15.2. The van der Waals surface area contributed by atoms with Crippen molar-refractivity contribution in [1.29, 1.82) is 0 Å². The minimum absolute atomic E-state index is 0.00858. The lowest BCUT2D eigenvalue weighted by Crippen LogP contribution is -2.39. The molecule has 0 aliphatic carbocycles. The van der Waals surface area contributed by atoms with Gasteiger partial charge in [0.2, 0.25) is 0 Å². The van der Waals surface area contributed by atoms with Gasteiger partial charge < -0.3 is 19.7 Å². The van der Waals surface area contributed by atoms with Crippen molar-refractivity contribution in [1.82, 2.24) is 4.90 Å². The Morgan fingerprint density at radius 3 is 2.74 bits per heavy atom. The van der Waals surface area contributed by atoms with Crippen molar-refractivity contribution in [3.63, 3.8) is 0 Å². The summed E-state index contributed by atoms with van der Waals surface area (Å²) in [4.78, 5) is 26.4. The van der Waals surface area contributed by atoms with E-state index in [1.165, 1.54) is 5.39 Å². The van der Waals surface area contributed by atoms with Crippen LogP contribution in [0.3, 0.4) is 0 Å². The Kier molecular flexibility index (Phi) is 5.20. The van der Waals surface area contributed by atoms with Gasteiger partial charge in [-0.1, -0.05) is 36.4 Å². The van der Waals surface area contributed by atoms with Crippen LogP contribution in [0, 0.1) is 5.92 Å². The summed E-state index contributed by atoms with van der Waals surface area (Å²) in [6.07, 6.45) is 1.81. The molecule has 0 unspecified atom stereocenters. The SMILES string of the molecule is O=C1COc2ccc(C(=O)N3CCC(COc4cccc5ccccc45)CC3)cc2N1. The zero-order valence-corrected chi connectivity index (χ0v) is 17.2. The number of piperidine rings is 1. The second-order valence-corrected chi connectivity index (χ2v) is 8.07. The van der Waals surface area contributed by atoms with Gasteiger partial charge >= 0.3 is 0 Å². The Morgan fingerprint density at radius 2 is 1.87 bits per heavy atom. The number of amides is 2. The predicted octanol–water partition coefficient (Wildman–Crippen LogP) is 4.10. The van der Waals surface area contributed by atoms with Gasteiger partial charge in [0.05, 0.1) is 12.3 Å². The number of nitrogens with one attached hydrogen (secondary N) is 1. The van der Waals surface area contributed by atoms with E-state index in [0.29, 0.717) is 42.6 Å². The summed E-state index contributed by atoms with van der Waals surface area (Å²) < 4.78 is 11.5. The normalized spacial score (nSPS) is 16.4. The van der Waals surface area contributed by atoms with Crippen molar-refractivity contribution >= 4 is 28.3 Å². The molecular weight excluding hydrogens is 392 g/mol. The molecule has 2 amide bonds. The highest BCUT2D eigenvalue weighted by molar-refractivity contribution is 6.00. The first kappa shape index (κ1) is 19.4. The van der Waals surface area contributed by atoms with Gasteiger partial charge in [0.25, 0.3) is 11.8 Å². The van der Waals surface area contributed by atoms with Crippen LogP contribution in [0.15, 0.2) is 60.7 Å². The highest BCUT2D eigenvalue weighted by Gasteiger charge is 2.25. The molecular formula is C25H24N2O4. The molecule has 0 atom stereocenters.